The Kier molecular flexibility index (Phi) is 9.71. The average molecular weight is 599 g/mol. The number of nitrogens with one attached hydrogen (secondary N) is 1. The van der Waals surface area contributed by atoms with Gasteiger partial charge in [-0.25, -0.2) is 13.8 Å². The smallest absolute Gasteiger partial charge is 0.255 e. The molecule has 0 spiro atoms. The zero-order valence-corrected chi connectivity index (χ0v) is 22.5. The quantitative estimate of drug-likeness (QED) is 0.247. The van der Waals surface area contributed by atoms with Gasteiger partial charge in [0, 0.05) is 16.6 Å². The molecule has 3 aromatic rings. The Hall–Kier alpha value is -2.43. The van der Waals surface area contributed by atoms with E-state index in [2.05, 4.69) is 26.5 Å². The van der Waals surface area contributed by atoms with E-state index in [1.165, 1.54) is 18.3 Å². The van der Waals surface area contributed by atoms with Crippen molar-refractivity contribution < 1.29 is 17.9 Å². The summed E-state index contributed by atoms with van der Waals surface area (Å²) in [7, 11) is -4.02. The minimum atomic E-state index is -4.02. The molecular weight excluding hydrogens is 577 g/mol. The summed E-state index contributed by atoms with van der Waals surface area (Å²) in [5.74, 6) is 0.00273. The molecular formula is C24H22BrCl2N3O4S. The van der Waals surface area contributed by atoms with Gasteiger partial charge in [0.25, 0.3) is 5.91 Å². The molecule has 0 aliphatic carbocycles. The highest BCUT2D eigenvalue weighted by Gasteiger charge is 2.27. The van der Waals surface area contributed by atoms with Crippen LogP contribution in [0.15, 0.2) is 81.2 Å². The van der Waals surface area contributed by atoms with Crippen molar-refractivity contribution >= 4 is 61.3 Å². The summed E-state index contributed by atoms with van der Waals surface area (Å²) in [6.07, 6.45) is 1.44. The first-order chi connectivity index (χ1) is 16.7. The minimum Gasteiger partial charge on any atom is -0.493 e. The largest absolute Gasteiger partial charge is 0.493 e. The fraction of sp³-hybridized carbons (Fsp3) is 0.167. The second kappa shape index (κ2) is 12.5. The number of para-hydroxylation sites is 1. The number of ether oxygens (including phenoxy) is 1. The topological polar surface area (TPSA) is 88.1 Å². The summed E-state index contributed by atoms with van der Waals surface area (Å²) in [4.78, 5) is 12.7. The Morgan fingerprint density at radius 3 is 2.49 bits per heavy atom. The maximum absolute atomic E-state index is 13.4. The van der Waals surface area contributed by atoms with E-state index in [1.807, 2.05) is 19.1 Å². The number of carbonyl (C=O) groups is 1. The van der Waals surface area contributed by atoms with Crippen molar-refractivity contribution in [3.8, 4) is 5.75 Å². The third kappa shape index (κ3) is 7.52. The zero-order chi connectivity index (χ0) is 25.4. The van der Waals surface area contributed by atoms with Gasteiger partial charge in [-0.2, -0.15) is 9.41 Å². The third-order valence-corrected chi connectivity index (χ3v) is 7.80. The number of hydrazone groups is 1. The number of hydrogen-bond acceptors (Lipinski definition) is 5. The molecule has 0 aliphatic heterocycles. The molecule has 3 aromatic carbocycles. The lowest BCUT2D eigenvalue weighted by atomic mass is 10.2. The van der Waals surface area contributed by atoms with Crippen LogP contribution in [0.2, 0.25) is 10.0 Å². The van der Waals surface area contributed by atoms with Crippen molar-refractivity contribution in [1.29, 1.82) is 0 Å². The van der Waals surface area contributed by atoms with E-state index < -0.39 is 22.5 Å². The van der Waals surface area contributed by atoms with Gasteiger partial charge in [-0.05, 0) is 61.0 Å². The van der Waals surface area contributed by atoms with E-state index in [0.29, 0.717) is 28.5 Å². The van der Waals surface area contributed by atoms with E-state index in [4.69, 9.17) is 27.9 Å². The van der Waals surface area contributed by atoms with Crippen molar-refractivity contribution in [3.05, 3.63) is 92.4 Å². The average Bonchev–Trinajstić information content (AvgIpc) is 2.82. The number of carbonyl (C=O) groups excluding carboxylic acids is 1. The summed E-state index contributed by atoms with van der Waals surface area (Å²) >= 11 is 15.4. The SMILES string of the molecule is CCOc1ccccc1/C=N/NC(=O)CN(Cc1ccc(Cl)c(Cl)c1)S(=O)(=O)c1ccc(Br)cc1. The number of halogens is 3. The van der Waals surface area contributed by atoms with Gasteiger partial charge in [-0.3, -0.25) is 4.79 Å². The Morgan fingerprint density at radius 2 is 1.80 bits per heavy atom. The van der Waals surface area contributed by atoms with Gasteiger partial charge >= 0.3 is 0 Å². The van der Waals surface area contributed by atoms with Crippen LogP contribution in [-0.2, 0) is 21.4 Å². The summed E-state index contributed by atoms with van der Waals surface area (Å²) < 4.78 is 34.0. The van der Waals surface area contributed by atoms with E-state index in [-0.39, 0.29) is 16.5 Å². The van der Waals surface area contributed by atoms with E-state index >= 15 is 0 Å². The van der Waals surface area contributed by atoms with Gasteiger partial charge in [-0.15, -0.1) is 0 Å². The Labute approximate surface area is 222 Å². The van der Waals surface area contributed by atoms with Crippen molar-refractivity contribution in [2.24, 2.45) is 5.10 Å². The van der Waals surface area contributed by atoms with Crippen molar-refractivity contribution in [3.63, 3.8) is 0 Å². The first kappa shape index (κ1) is 27.2. The van der Waals surface area contributed by atoms with E-state index in [0.717, 1.165) is 8.78 Å². The number of nitrogens with zero attached hydrogens (tertiary/aromatic N) is 2. The number of rotatable bonds is 10. The monoisotopic (exact) mass is 597 g/mol. The molecule has 1 amide bonds. The molecule has 0 aliphatic rings. The van der Waals surface area contributed by atoms with Crippen molar-refractivity contribution in [2.75, 3.05) is 13.2 Å². The maximum atomic E-state index is 13.4. The number of benzene rings is 3. The van der Waals surface area contributed by atoms with E-state index in [1.54, 1.807) is 42.5 Å². The van der Waals surface area contributed by atoms with Crippen LogP contribution in [-0.4, -0.2) is 38.0 Å². The van der Waals surface area contributed by atoms with Crippen LogP contribution in [0.4, 0.5) is 0 Å². The lowest BCUT2D eigenvalue weighted by Gasteiger charge is -2.22. The van der Waals surface area contributed by atoms with Crippen LogP contribution < -0.4 is 10.2 Å². The number of amides is 1. The van der Waals surface area contributed by atoms with Gasteiger partial charge in [0.05, 0.1) is 34.3 Å². The van der Waals surface area contributed by atoms with Gasteiger partial charge in [-0.1, -0.05) is 57.3 Å². The van der Waals surface area contributed by atoms with Gasteiger partial charge < -0.3 is 4.74 Å². The van der Waals surface area contributed by atoms with Crippen LogP contribution in [0.1, 0.15) is 18.1 Å². The normalized spacial score (nSPS) is 11.7. The zero-order valence-electron chi connectivity index (χ0n) is 18.6. The number of sulfonamides is 1. The minimum absolute atomic E-state index is 0.0442. The van der Waals surface area contributed by atoms with Crippen LogP contribution in [0.5, 0.6) is 5.75 Å². The van der Waals surface area contributed by atoms with Crippen LogP contribution in [0.3, 0.4) is 0 Å². The first-order valence-corrected chi connectivity index (χ1v) is 13.4. The molecule has 0 radical (unpaired) electrons. The molecule has 0 aromatic heterocycles. The standard InChI is InChI=1S/C24H22BrCl2N3O4S/c1-2-34-23-6-4-3-5-18(23)14-28-29-24(31)16-30(15-17-7-12-21(26)22(27)13-17)35(32,33)20-10-8-19(25)9-11-20/h3-14H,2,15-16H2,1H3,(H,29,31)/b28-14+. The molecule has 0 saturated carbocycles. The lowest BCUT2D eigenvalue weighted by molar-refractivity contribution is -0.121. The predicted octanol–water partition coefficient (Wildman–Crippen LogP) is 5.50. The molecule has 7 nitrogen and oxygen atoms in total. The van der Waals surface area contributed by atoms with Crippen LogP contribution >= 0.6 is 39.1 Å². The second-order valence-electron chi connectivity index (χ2n) is 7.24. The van der Waals surface area contributed by atoms with Gasteiger partial charge in [0.2, 0.25) is 10.0 Å². The predicted molar refractivity (Wildman–Crippen MR) is 142 cm³/mol. The van der Waals surface area contributed by atoms with Gasteiger partial charge in [0.15, 0.2) is 0 Å². The maximum Gasteiger partial charge on any atom is 0.255 e. The highest BCUT2D eigenvalue weighted by Crippen LogP contribution is 2.25. The fourth-order valence-corrected chi connectivity index (χ4v) is 5.04. The molecule has 11 heteroatoms. The van der Waals surface area contributed by atoms with Crippen LogP contribution in [0.25, 0.3) is 0 Å². The molecule has 1 N–H and O–H groups in total. The van der Waals surface area contributed by atoms with Gasteiger partial charge in [0.1, 0.15) is 5.75 Å². The highest BCUT2D eigenvalue weighted by molar-refractivity contribution is 9.10. The molecule has 0 bridgehead atoms. The Bertz CT molecular complexity index is 1320. The third-order valence-electron chi connectivity index (χ3n) is 4.73. The second-order valence-corrected chi connectivity index (χ2v) is 10.9. The lowest BCUT2D eigenvalue weighted by Crippen LogP contribution is -2.39. The van der Waals surface area contributed by atoms with Crippen molar-refractivity contribution in [2.45, 2.75) is 18.4 Å². The molecule has 0 unspecified atom stereocenters. The molecule has 0 fully saturated rings. The summed E-state index contributed by atoms with van der Waals surface area (Å²) in [5.41, 5.74) is 3.63. The molecule has 35 heavy (non-hydrogen) atoms. The molecule has 3 rings (SSSR count). The molecule has 0 saturated heterocycles. The summed E-state index contributed by atoms with van der Waals surface area (Å²) in [6, 6.07) is 18.2. The van der Waals surface area contributed by atoms with Crippen LogP contribution in [0, 0.1) is 0 Å². The highest BCUT2D eigenvalue weighted by atomic mass is 79.9. The first-order valence-electron chi connectivity index (χ1n) is 10.4. The Balaban J connectivity index is 1.81. The summed E-state index contributed by atoms with van der Waals surface area (Å²) in [6.45, 7) is 1.78. The number of hydrogen-bond donors (Lipinski definition) is 1. The van der Waals surface area contributed by atoms with Crippen molar-refractivity contribution in [1.82, 2.24) is 9.73 Å². The molecule has 0 atom stereocenters. The molecule has 0 heterocycles. The van der Waals surface area contributed by atoms with E-state index in [9.17, 15) is 13.2 Å². The fourth-order valence-electron chi connectivity index (χ4n) is 3.07. The summed E-state index contributed by atoms with van der Waals surface area (Å²) in [5, 5.41) is 4.59. The Morgan fingerprint density at radius 1 is 1.09 bits per heavy atom. The molecule has 184 valence electrons.